The molecule has 0 aromatic rings. The Labute approximate surface area is 106 Å². The molecule has 3 rings (SSSR count). The van der Waals surface area contributed by atoms with Gasteiger partial charge in [-0.3, -0.25) is 4.99 Å². The quantitative estimate of drug-likeness (QED) is 0.832. The zero-order valence-corrected chi connectivity index (χ0v) is 10.2. The third-order valence-electron chi connectivity index (χ3n) is 2.48. The second-order valence-electron chi connectivity index (χ2n) is 3.66. The lowest BCUT2D eigenvalue weighted by Crippen LogP contribution is -2.15. The highest BCUT2D eigenvalue weighted by molar-refractivity contribution is 8.17. The van der Waals surface area contributed by atoms with Crippen LogP contribution in [0.25, 0.3) is 11.6 Å². The van der Waals surface area contributed by atoms with Crippen LogP contribution in [0, 0.1) is 0 Å². The monoisotopic (exact) mass is 269 g/mol. The maximum absolute atomic E-state index is 11.1. The molecule has 0 aromatic heterocycles. The Morgan fingerprint density at radius 2 is 2.53 bits per heavy atom. The molecule has 0 aromatic carbocycles. The number of aromatic nitrogens is 2. The Kier molecular flexibility index (Phi) is 2.68. The first-order valence-electron chi connectivity index (χ1n) is 5.05. The van der Waals surface area contributed by atoms with E-state index in [1.165, 1.54) is 11.8 Å². The van der Waals surface area contributed by atoms with Gasteiger partial charge >= 0.3 is 5.76 Å². The number of thioether (sulfide) groups is 1. The average Bonchev–Trinajstić information content (AvgIpc) is 2.84. The number of rotatable bonds is 2. The normalized spacial score (nSPS) is 19.8. The molecule has 5 nitrogen and oxygen atoms in total. The Morgan fingerprint density at radius 1 is 1.65 bits per heavy atom. The van der Waals surface area contributed by atoms with E-state index in [9.17, 15) is 4.79 Å². The summed E-state index contributed by atoms with van der Waals surface area (Å²) in [6.45, 7) is 1.39. The molecule has 3 heterocycles. The Morgan fingerprint density at radius 3 is 3.29 bits per heavy atom. The lowest BCUT2D eigenvalue weighted by molar-refractivity contribution is 0.528. The fourth-order valence-corrected chi connectivity index (χ4v) is 3.03. The van der Waals surface area contributed by atoms with Crippen molar-refractivity contribution in [3.63, 3.8) is 0 Å². The molecule has 3 aliphatic heterocycles. The lowest BCUT2D eigenvalue weighted by Gasteiger charge is -2.13. The van der Waals surface area contributed by atoms with Crippen molar-refractivity contribution < 1.29 is 4.42 Å². The summed E-state index contributed by atoms with van der Waals surface area (Å²) in [6, 6.07) is 3.56. The number of nitrogens with zero attached hydrogens (tertiary/aromatic N) is 3. The number of aliphatic imine (C=N–C) groups is 1. The molecule has 0 N–H and O–H groups in total. The maximum Gasteiger partial charge on any atom is 0.441 e. The molecule has 0 spiro atoms. The van der Waals surface area contributed by atoms with Crippen molar-refractivity contribution in [2.45, 2.75) is 11.8 Å². The molecule has 88 valence electrons. The van der Waals surface area contributed by atoms with E-state index in [4.69, 9.17) is 16.0 Å². The van der Waals surface area contributed by atoms with Crippen LogP contribution in [0.3, 0.4) is 0 Å². The number of halogens is 1. The highest BCUT2D eigenvalue weighted by Gasteiger charge is 2.21. The molecule has 0 fully saturated rings. The van der Waals surface area contributed by atoms with E-state index in [1.54, 1.807) is 6.07 Å². The minimum Gasteiger partial charge on any atom is -0.405 e. The first-order chi connectivity index (χ1) is 8.22. The first-order valence-corrected chi connectivity index (χ1v) is 6.31. The molecule has 0 saturated carbocycles. The molecule has 0 radical (unpaired) electrons. The standard InChI is InChI=1S/C10H8ClN3O2S/c11-9-12-4-6(17-9)5-14-3-1-2-7-8(14)13-10(15)16-7/h1-3,6H,4-5H2. The topological polar surface area (TPSA) is 60.4 Å². The van der Waals surface area contributed by atoms with Gasteiger partial charge in [0.15, 0.2) is 16.1 Å². The van der Waals surface area contributed by atoms with Crippen LogP contribution < -0.4 is 5.76 Å². The summed E-state index contributed by atoms with van der Waals surface area (Å²) in [5.74, 6) is 0.516. The molecule has 0 aliphatic carbocycles. The van der Waals surface area contributed by atoms with Crippen LogP contribution >= 0.6 is 23.4 Å². The van der Waals surface area contributed by atoms with E-state index >= 15 is 0 Å². The van der Waals surface area contributed by atoms with E-state index in [0.717, 1.165) is 0 Å². The van der Waals surface area contributed by atoms with Crippen molar-refractivity contribution >= 4 is 27.9 Å². The van der Waals surface area contributed by atoms with Gasteiger partial charge in [0.25, 0.3) is 0 Å². The summed E-state index contributed by atoms with van der Waals surface area (Å²) < 4.78 is 7.43. The van der Waals surface area contributed by atoms with Gasteiger partial charge in [-0.1, -0.05) is 23.4 Å². The number of hydrogen-bond donors (Lipinski definition) is 0. The third kappa shape index (κ3) is 2.10. The molecule has 3 aliphatic rings. The molecule has 0 saturated heterocycles. The minimum atomic E-state index is -0.562. The average molecular weight is 270 g/mol. The van der Waals surface area contributed by atoms with Gasteiger partial charge in [0.05, 0.1) is 6.54 Å². The molecule has 0 bridgehead atoms. The highest BCUT2D eigenvalue weighted by Crippen LogP contribution is 2.26. The predicted molar refractivity (Wildman–Crippen MR) is 66.9 cm³/mol. The molecule has 0 amide bonds. The summed E-state index contributed by atoms with van der Waals surface area (Å²) >= 11 is 7.35. The second kappa shape index (κ2) is 4.19. The summed E-state index contributed by atoms with van der Waals surface area (Å²) in [5.41, 5.74) is 0. The van der Waals surface area contributed by atoms with Crippen LogP contribution in [0.5, 0.6) is 0 Å². The van der Waals surface area contributed by atoms with E-state index in [0.29, 0.717) is 29.2 Å². The van der Waals surface area contributed by atoms with Gasteiger partial charge in [-0.2, -0.15) is 4.98 Å². The van der Waals surface area contributed by atoms with Crippen molar-refractivity contribution in [2.75, 3.05) is 6.54 Å². The lowest BCUT2D eigenvalue weighted by atomic mass is 10.3. The van der Waals surface area contributed by atoms with Crippen molar-refractivity contribution in [1.29, 1.82) is 0 Å². The number of oxazole rings is 1. The smallest absolute Gasteiger partial charge is 0.405 e. The van der Waals surface area contributed by atoms with Crippen LogP contribution in [0.2, 0.25) is 0 Å². The molecule has 1 unspecified atom stereocenters. The zero-order chi connectivity index (χ0) is 11.8. The molecule has 7 heteroatoms. The molecular formula is C10H8ClN3O2S. The first kappa shape index (κ1) is 10.9. The van der Waals surface area contributed by atoms with Gasteiger partial charge in [-0.15, -0.1) is 0 Å². The summed E-state index contributed by atoms with van der Waals surface area (Å²) in [4.78, 5) is 19.1. The Hall–Kier alpha value is -1.27. The van der Waals surface area contributed by atoms with Crippen molar-refractivity contribution in [3.05, 3.63) is 28.9 Å². The van der Waals surface area contributed by atoms with E-state index in [-0.39, 0.29) is 5.25 Å². The van der Waals surface area contributed by atoms with E-state index in [1.807, 2.05) is 16.8 Å². The third-order valence-corrected chi connectivity index (χ3v) is 3.83. The van der Waals surface area contributed by atoms with Gasteiger partial charge in [0.2, 0.25) is 0 Å². The fourth-order valence-electron chi connectivity index (χ4n) is 1.77. The largest absolute Gasteiger partial charge is 0.441 e. The molecule has 17 heavy (non-hydrogen) atoms. The minimum absolute atomic E-state index is 0.282. The van der Waals surface area contributed by atoms with Crippen molar-refractivity contribution in [1.82, 2.24) is 9.55 Å². The van der Waals surface area contributed by atoms with Crippen LogP contribution in [0.4, 0.5) is 0 Å². The number of hydrogen-bond acceptors (Lipinski definition) is 5. The van der Waals surface area contributed by atoms with Crippen LogP contribution in [0.1, 0.15) is 0 Å². The maximum atomic E-state index is 11.1. The van der Waals surface area contributed by atoms with Gasteiger partial charge in [-0.05, 0) is 12.1 Å². The SMILES string of the molecule is O=c1nc2n(CC3CN=C(Cl)S3)cccc-2o1. The predicted octanol–water partition coefficient (Wildman–Crippen LogP) is 1.65. The molecular weight excluding hydrogens is 262 g/mol. The number of pyridine rings is 1. The Bertz CT molecular complexity index is 606. The summed E-state index contributed by atoms with van der Waals surface area (Å²) in [5, 5.41) is 0.282. The van der Waals surface area contributed by atoms with E-state index in [2.05, 4.69) is 9.98 Å². The summed E-state index contributed by atoms with van der Waals surface area (Å²) in [7, 11) is 0. The van der Waals surface area contributed by atoms with Gasteiger partial charge < -0.3 is 8.98 Å². The zero-order valence-electron chi connectivity index (χ0n) is 8.67. The van der Waals surface area contributed by atoms with Crippen molar-refractivity contribution in [3.8, 4) is 11.6 Å². The second-order valence-corrected chi connectivity index (χ2v) is 5.53. The fraction of sp³-hybridized carbons (Fsp3) is 0.300. The highest BCUT2D eigenvalue weighted by atomic mass is 35.5. The van der Waals surface area contributed by atoms with Crippen LogP contribution in [-0.2, 0) is 6.54 Å². The van der Waals surface area contributed by atoms with Crippen LogP contribution in [-0.4, -0.2) is 25.8 Å². The van der Waals surface area contributed by atoms with Crippen molar-refractivity contribution in [2.24, 2.45) is 4.99 Å². The Balaban J connectivity index is 1.89. The number of fused-ring (bicyclic) bond motifs is 1. The molecule has 1 atom stereocenters. The van der Waals surface area contributed by atoms with Gasteiger partial charge in [0.1, 0.15) is 0 Å². The van der Waals surface area contributed by atoms with Crippen LogP contribution in [0.15, 0.2) is 32.5 Å². The summed E-state index contributed by atoms with van der Waals surface area (Å²) in [6.07, 6.45) is 1.87. The van der Waals surface area contributed by atoms with Gasteiger partial charge in [-0.25, -0.2) is 4.79 Å². The van der Waals surface area contributed by atoms with E-state index < -0.39 is 5.76 Å². The van der Waals surface area contributed by atoms with Gasteiger partial charge in [0, 0.05) is 18.0 Å².